The van der Waals surface area contributed by atoms with Crippen LogP contribution in [-0.2, 0) is 24.3 Å². The summed E-state index contributed by atoms with van der Waals surface area (Å²) in [6, 6.07) is 5.88. The molecule has 1 saturated heterocycles. The highest BCUT2D eigenvalue weighted by molar-refractivity contribution is 7.90. The highest BCUT2D eigenvalue weighted by Crippen LogP contribution is 2.29. The van der Waals surface area contributed by atoms with Crippen molar-refractivity contribution in [2.75, 3.05) is 26.9 Å². The first-order chi connectivity index (χ1) is 10.0. The van der Waals surface area contributed by atoms with Crippen LogP contribution in [0.4, 0.5) is 0 Å². The number of fused-ring (bicyclic) bond motifs is 1. The quantitative estimate of drug-likeness (QED) is 0.679. The minimum absolute atomic E-state index is 0.147. The molecule has 8 heteroatoms. The number of carbonyl (C=O) groups excluding carboxylic acids is 1. The highest BCUT2D eigenvalue weighted by Gasteiger charge is 2.38. The van der Waals surface area contributed by atoms with E-state index in [1.807, 2.05) is 0 Å². The smallest absolute Gasteiger partial charge is 0.330 e. The third-order valence-electron chi connectivity index (χ3n) is 3.49. The maximum absolute atomic E-state index is 12.1. The maximum atomic E-state index is 12.1. The minimum Gasteiger partial charge on any atom is -0.467 e. The van der Waals surface area contributed by atoms with Gasteiger partial charge < -0.3 is 14.4 Å². The lowest BCUT2D eigenvalue weighted by molar-refractivity contribution is -0.150. The molecule has 2 aliphatic rings. The fourth-order valence-corrected chi connectivity index (χ4v) is 3.70. The summed E-state index contributed by atoms with van der Waals surface area (Å²) in [5, 5.41) is 0. The van der Waals surface area contributed by atoms with Crippen LogP contribution in [0.25, 0.3) is 0 Å². The molecule has 0 N–H and O–H groups in total. The van der Waals surface area contributed by atoms with Crippen molar-refractivity contribution in [3.05, 3.63) is 29.8 Å². The fraction of sp³-hybridized carbons (Fsp3) is 0.385. The minimum atomic E-state index is -3.71. The van der Waals surface area contributed by atoms with Gasteiger partial charge in [-0.15, -0.1) is 4.40 Å². The molecule has 1 aromatic rings. The van der Waals surface area contributed by atoms with Crippen LogP contribution in [0.2, 0.25) is 0 Å². The number of hydrogen-bond acceptors (Lipinski definition) is 6. The number of morpholine rings is 1. The van der Waals surface area contributed by atoms with E-state index in [0.717, 1.165) is 0 Å². The zero-order valence-corrected chi connectivity index (χ0v) is 12.2. The van der Waals surface area contributed by atoms with E-state index in [9.17, 15) is 13.2 Å². The molecule has 3 rings (SSSR count). The van der Waals surface area contributed by atoms with E-state index >= 15 is 0 Å². The zero-order chi connectivity index (χ0) is 15.0. The van der Waals surface area contributed by atoms with Gasteiger partial charge in [-0.05, 0) is 12.1 Å². The summed E-state index contributed by atoms with van der Waals surface area (Å²) >= 11 is 0. The summed E-state index contributed by atoms with van der Waals surface area (Å²) in [6.07, 6.45) is 0. The lowest BCUT2D eigenvalue weighted by Crippen LogP contribution is -2.53. The Morgan fingerprint density at radius 2 is 2.19 bits per heavy atom. The molecule has 2 aliphatic heterocycles. The maximum Gasteiger partial charge on any atom is 0.330 e. The monoisotopic (exact) mass is 310 g/mol. The summed E-state index contributed by atoms with van der Waals surface area (Å²) in [5.74, 6) is -0.191. The van der Waals surface area contributed by atoms with Gasteiger partial charge in [-0.3, -0.25) is 0 Å². The summed E-state index contributed by atoms with van der Waals surface area (Å²) in [7, 11) is -2.42. The first kappa shape index (κ1) is 14.0. The molecule has 0 radical (unpaired) electrons. The lowest BCUT2D eigenvalue weighted by Gasteiger charge is -2.34. The Morgan fingerprint density at radius 3 is 2.95 bits per heavy atom. The third kappa shape index (κ3) is 2.30. The van der Waals surface area contributed by atoms with Crippen molar-refractivity contribution in [1.29, 1.82) is 0 Å². The van der Waals surface area contributed by atoms with E-state index in [1.165, 1.54) is 13.2 Å². The molecular weight excluding hydrogens is 296 g/mol. The van der Waals surface area contributed by atoms with E-state index in [2.05, 4.69) is 4.40 Å². The SMILES string of the molecule is COC(=O)C1COCCN1C1=NS(=O)(=O)c2ccccc21. The van der Waals surface area contributed by atoms with E-state index in [0.29, 0.717) is 18.7 Å². The summed E-state index contributed by atoms with van der Waals surface area (Å²) in [4.78, 5) is 13.7. The second kappa shape index (κ2) is 5.12. The van der Waals surface area contributed by atoms with Crippen LogP contribution >= 0.6 is 0 Å². The first-order valence-corrected chi connectivity index (χ1v) is 7.85. The fourth-order valence-electron chi connectivity index (χ4n) is 2.48. The number of hydrogen-bond donors (Lipinski definition) is 0. The lowest BCUT2D eigenvalue weighted by atomic mass is 10.1. The number of nitrogens with zero attached hydrogens (tertiary/aromatic N) is 2. The average Bonchev–Trinajstić information content (AvgIpc) is 2.79. The summed E-state index contributed by atoms with van der Waals surface area (Å²) in [5.41, 5.74) is 0.508. The van der Waals surface area contributed by atoms with Crippen molar-refractivity contribution in [2.24, 2.45) is 4.40 Å². The van der Waals surface area contributed by atoms with E-state index in [4.69, 9.17) is 9.47 Å². The van der Waals surface area contributed by atoms with Crippen LogP contribution in [0.3, 0.4) is 0 Å². The van der Waals surface area contributed by atoms with Crippen LogP contribution < -0.4 is 0 Å². The summed E-state index contributed by atoms with van der Waals surface area (Å²) in [6.45, 7) is 0.922. The van der Waals surface area contributed by atoms with Gasteiger partial charge in [0.1, 0.15) is 4.90 Å². The molecule has 0 amide bonds. The predicted octanol–water partition coefficient (Wildman–Crippen LogP) is 0.00930. The topological polar surface area (TPSA) is 85.3 Å². The van der Waals surface area contributed by atoms with Crippen molar-refractivity contribution >= 4 is 21.8 Å². The molecule has 0 aliphatic carbocycles. The van der Waals surface area contributed by atoms with Gasteiger partial charge in [-0.2, -0.15) is 8.42 Å². The van der Waals surface area contributed by atoms with Gasteiger partial charge in [-0.1, -0.05) is 12.1 Å². The first-order valence-electron chi connectivity index (χ1n) is 6.41. The molecule has 7 nitrogen and oxygen atoms in total. The largest absolute Gasteiger partial charge is 0.467 e. The van der Waals surface area contributed by atoms with Gasteiger partial charge in [-0.25, -0.2) is 4.79 Å². The van der Waals surface area contributed by atoms with Gasteiger partial charge in [0, 0.05) is 12.1 Å². The van der Waals surface area contributed by atoms with Crippen molar-refractivity contribution in [1.82, 2.24) is 4.90 Å². The molecule has 1 aromatic carbocycles. The molecular formula is C13H14N2O5S. The van der Waals surface area contributed by atoms with Crippen LogP contribution in [0, 0.1) is 0 Å². The van der Waals surface area contributed by atoms with Crippen LogP contribution in [0.5, 0.6) is 0 Å². The van der Waals surface area contributed by atoms with E-state index in [1.54, 1.807) is 23.1 Å². The molecule has 1 unspecified atom stereocenters. The number of benzene rings is 1. The number of methoxy groups -OCH3 is 1. The number of sulfonamides is 1. The Labute approximate surface area is 122 Å². The molecule has 2 heterocycles. The highest BCUT2D eigenvalue weighted by atomic mass is 32.2. The Kier molecular flexibility index (Phi) is 3.42. The number of ether oxygens (including phenoxy) is 2. The number of amidine groups is 1. The predicted molar refractivity (Wildman–Crippen MR) is 73.5 cm³/mol. The number of esters is 1. The van der Waals surface area contributed by atoms with Gasteiger partial charge >= 0.3 is 5.97 Å². The van der Waals surface area contributed by atoms with E-state index in [-0.39, 0.29) is 17.3 Å². The number of rotatable bonds is 1. The van der Waals surface area contributed by atoms with Crippen molar-refractivity contribution in [3.8, 4) is 0 Å². The van der Waals surface area contributed by atoms with Crippen LogP contribution in [0.1, 0.15) is 5.56 Å². The molecule has 1 fully saturated rings. The van der Waals surface area contributed by atoms with Gasteiger partial charge in [0.05, 0.1) is 20.3 Å². The second-order valence-electron chi connectivity index (χ2n) is 4.69. The number of carbonyl (C=O) groups is 1. The average molecular weight is 310 g/mol. The van der Waals surface area contributed by atoms with E-state index < -0.39 is 22.0 Å². The molecule has 21 heavy (non-hydrogen) atoms. The van der Waals surface area contributed by atoms with Gasteiger partial charge in [0.15, 0.2) is 11.9 Å². The standard InChI is InChI=1S/C13H14N2O5S/c1-19-13(16)10-8-20-7-6-15(10)12-9-4-2-3-5-11(9)21(17,18)14-12/h2-5,10H,6-8H2,1H3. The zero-order valence-electron chi connectivity index (χ0n) is 11.4. The molecule has 1 atom stereocenters. The molecule has 0 spiro atoms. The Balaban J connectivity index is 2.05. The van der Waals surface area contributed by atoms with Gasteiger partial charge in [0.2, 0.25) is 0 Å². The van der Waals surface area contributed by atoms with Crippen molar-refractivity contribution in [2.45, 2.75) is 10.9 Å². The summed E-state index contributed by atoms with van der Waals surface area (Å²) < 4.78 is 38.1. The van der Waals surface area contributed by atoms with Crippen molar-refractivity contribution < 1.29 is 22.7 Å². The molecule has 0 aromatic heterocycles. The van der Waals surface area contributed by atoms with Crippen molar-refractivity contribution in [3.63, 3.8) is 0 Å². The Hall–Kier alpha value is -1.93. The Bertz CT molecular complexity index is 713. The van der Waals surface area contributed by atoms with Crippen LogP contribution in [0.15, 0.2) is 33.6 Å². The van der Waals surface area contributed by atoms with Gasteiger partial charge in [0.25, 0.3) is 10.0 Å². The Morgan fingerprint density at radius 1 is 1.43 bits per heavy atom. The third-order valence-corrected chi connectivity index (χ3v) is 4.81. The molecule has 0 saturated carbocycles. The normalized spacial score (nSPS) is 23.4. The molecule has 112 valence electrons. The molecule has 0 bridgehead atoms. The van der Waals surface area contributed by atoms with Crippen LogP contribution in [-0.4, -0.2) is 58.0 Å². The second-order valence-corrected chi connectivity index (χ2v) is 6.27.